The summed E-state index contributed by atoms with van der Waals surface area (Å²) in [7, 11) is 0. The molecule has 1 aromatic carbocycles. The molecule has 0 unspecified atom stereocenters. The standard InChI is InChI=1S/C12H15ClFNO/c13-10-3-4-12(14)9(6-10)7-15-5-1-2-11(16)8-15/h3-4,6,11,16H,1-2,5,7-8H2/t11-/m0/s1. The van der Waals surface area contributed by atoms with Crippen molar-refractivity contribution in [2.75, 3.05) is 13.1 Å². The number of halogens is 2. The predicted molar refractivity (Wildman–Crippen MR) is 61.9 cm³/mol. The van der Waals surface area contributed by atoms with Crippen LogP contribution in [0.2, 0.25) is 5.02 Å². The highest BCUT2D eigenvalue weighted by atomic mass is 35.5. The van der Waals surface area contributed by atoms with Gasteiger partial charge in [0.1, 0.15) is 5.82 Å². The second-order valence-electron chi connectivity index (χ2n) is 4.27. The van der Waals surface area contributed by atoms with E-state index in [1.165, 1.54) is 6.07 Å². The second kappa shape index (κ2) is 5.13. The minimum absolute atomic E-state index is 0.232. The number of β-amino-alcohol motifs (C(OH)–C–C–N with tert-alkyl or cyclic N) is 1. The number of hydrogen-bond donors (Lipinski definition) is 1. The lowest BCUT2D eigenvalue weighted by Gasteiger charge is -2.30. The molecular formula is C12H15ClFNO. The van der Waals surface area contributed by atoms with Gasteiger partial charge in [0.15, 0.2) is 0 Å². The first-order chi connectivity index (χ1) is 7.65. The van der Waals surface area contributed by atoms with Crippen LogP contribution >= 0.6 is 11.6 Å². The van der Waals surface area contributed by atoms with E-state index in [1.54, 1.807) is 12.1 Å². The van der Waals surface area contributed by atoms with Crippen molar-refractivity contribution in [3.8, 4) is 0 Å². The second-order valence-corrected chi connectivity index (χ2v) is 4.70. The molecule has 1 aromatic rings. The van der Waals surface area contributed by atoms with Crippen molar-refractivity contribution in [1.29, 1.82) is 0 Å². The number of aliphatic hydroxyl groups is 1. The number of piperidine rings is 1. The number of aliphatic hydroxyl groups excluding tert-OH is 1. The zero-order valence-corrected chi connectivity index (χ0v) is 9.75. The van der Waals surface area contributed by atoms with E-state index in [-0.39, 0.29) is 11.9 Å². The van der Waals surface area contributed by atoms with Gasteiger partial charge in [0, 0.05) is 23.7 Å². The Morgan fingerprint density at radius 3 is 3.06 bits per heavy atom. The summed E-state index contributed by atoms with van der Waals surface area (Å²) in [6.45, 7) is 2.04. The highest BCUT2D eigenvalue weighted by Crippen LogP contribution is 2.19. The lowest BCUT2D eigenvalue weighted by molar-refractivity contribution is 0.0663. The molecule has 88 valence electrons. The van der Waals surface area contributed by atoms with Crippen LogP contribution in [-0.2, 0) is 6.54 Å². The number of nitrogens with zero attached hydrogens (tertiary/aromatic N) is 1. The van der Waals surface area contributed by atoms with E-state index < -0.39 is 0 Å². The van der Waals surface area contributed by atoms with E-state index in [0.717, 1.165) is 19.4 Å². The molecule has 0 aliphatic carbocycles. The minimum Gasteiger partial charge on any atom is -0.392 e. The van der Waals surface area contributed by atoms with Gasteiger partial charge < -0.3 is 5.11 Å². The van der Waals surface area contributed by atoms with Gasteiger partial charge in [-0.1, -0.05) is 11.6 Å². The molecule has 1 saturated heterocycles. The molecule has 1 fully saturated rings. The van der Waals surface area contributed by atoms with Crippen LogP contribution in [0.15, 0.2) is 18.2 Å². The fourth-order valence-electron chi connectivity index (χ4n) is 2.08. The van der Waals surface area contributed by atoms with Crippen LogP contribution in [0, 0.1) is 5.82 Å². The van der Waals surface area contributed by atoms with Gasteiger partial charge in [-0.05, 0) is 37.6 Å². The van der Waals surface area contributed by atoms with Gasteiger partial charge in [0.25, 0.3) is 0 Å². The smallest absolute Gasteiger partial charge is 0.127 e. The molecule has 4 heteroatoms. The summed E-state index contributed by atoms with van der Waals surface area (Å²) < 4.78 is 13.5. The van der Waals surface area contributed by atoms with Crippen molar-refractivity contribution in [2.45, 2.75) is 25.5 Å². The minimum atomic E-state index is -0.281. The average molecular weight is 244 g/mol. The largest absolute Gasteiger partial charge is 0.392 e. The van der Waals surface area contributed by atoms with E-state index in [9.17, 15) is 9.50 Å². The van der Waals surface area contributed by atoms with Gasteiger partial charge >= 0.3 is 0 Å². The van der Waals surface area contributed by atoms with Crippen molar-refractivity contribution >= 4 is 11.6 Å². The van der Waals surface area contributed by atoms with Crippen molar-refractivity contribution < 1.29 is 9.50 Å². The van der Waals surface area contributed by atoms with Gasteiger partial charge in [-0.2, -0.15) is 0 Å². The Morgan fingerprint density at radius 2 is 2.31 bits per heavy atom. The molecule has 1 heterocycles. The number of benzene rings is 1. The lowest BCUT2D eigenvalue weighted by atomic mass is 10.1. The molecule has 0 aromatic heterocycles. The number of rotatable bonds is 2. The van der Waals surface area contributed by atoms with Crippen molar-refractivity contribution in [3.63, 3.8) is 0 Å². The first kappa shape index (κ1) is 11.8. The summed E-state index contributed by atoms with van der Waals surface area (Å²) in [4.78, 5) is 2.06. The van der Waals surface area contributed by atoms with Crippen LogP contribution in [0.5, 0.6) is 0 Å². The van der Waals surface area contributed by atoms with E-state index >= 15 is 0 Å². The van der Waals surface area contributed by atoms with Gasteiger partial charge in [-0.3, -0.25) is 4.90 Å². The third-order valence-electron chi connectivity index (χ3n) is 2.88. The highest BCUT2D eigenvalue weighted by molar-refractivity contribution is 6.30. The molecule has 0 spiro atoms. The maximum atomic E-state index is 13.5. The SMILES string of the molecule is O[C@H]1CCCN(Cc2cc(Cl)ccc2F)C1. The number of hydrogen-bond acceptors (Lipinski definition) is 2. The van der Waals surface area contributed by atoms with Crippen molar-refractivity contribution in [2.24, 2.45) is 0 Å². The maximum absolute atomic E-state index is 13.5. The fraction of sp³-hybridized carbons (Fsp3) is 0.500. The van der Waals surface area contributed by atoms with Crippen molar-refractivity contribution in [3.05, 3.63) is 34.6 Å². The normalized spacial score (nSPS) is 22.3. The third-order valence-corrected chi connectivity index (χ3v) is 3.12. The summed E-state index contributed by atoms with van der Waals surface area (Å²) in [6, 6.07) is 4.58. The molecule has 2 nitrogen and oxygen atoms in total. The first-order valence-corrected chi connectivity index (χ1v) is 5.87. The van der Waals surface area contributed by atoms with E-state index in [1.807, 2.05) is 0 Å². The molecule has 2 rings (SSSR count). The van der Waals surface area contributed by atoms with Crippen LogP contribution in [0.1, 0.15) is 18.4 Å². The summed E-state index contributed by atoms with van der Waals surface area (Å²) in [5.74, 6) is -0.232. The molecule has 0 saturated carbocycles. The first-order valence-electron chi connectivity index (χ1n) is 5.49. The Labute approximate surface area is 99.6 Å². The van der Waals surface area contributed by atoms with Gasteiger partial charge in [-0.15, -0.1) is 0 Å². The third kappa shape index (κ3) is 2.94. The monoisotopic (exact) mass is 243 g/mol. The van der Waals surface area contributed by atoms with Crippen LogP contribution in [0.25, 0.3) is 0 Å². The highest BCUT2D eigenvalue weighted by Gasteiger charge is 2.18. The molecule has 1 aliphatic rings. The Bertz CT molecular complexity index is 372. The van der Waals surface area contributed by atoms with Gasteiger partial charge in [0.2, 0.25) is 0 Å². The van der Waals surface area contributed by atoms with Gasteiger partial charge in [0.05, 0.1) is 6.10 Å². The topological polar surface area (TPSA) is 23.5 Å². The molecule has 1 atom stereocenters. The quantitative estimate of drug-likeness (QED) is 0.863. The van der Waals surface area contributed by atoms with E-state index in [4.69, 9.17) is 11.6 Å². The summed E-state index contributed by atoms with van der Waals surface area (Å²) in [6.07, 6.45) is 1.52. The predicted octanol–water partition coefficient (Wildman–Crippen LogP) is 2.44. The Balaban J connectivity index is 2.05. The zero-order chi connectivity index (χ0) is 11.5. The summed E-state index contributed by atoms with van der Waals surface area (Å²) in [5, 5.41) is 10.1. The van der Waals surface area contributed by atoms with Crippen LogP contribution < -0.4 is 0 Å². The molecule has 0 amide bonds. The molecule has 0 bridgehead atoms. The van der Waals surface area contributed by atoms with Gasteiger partial charge in [-0.25, -0.2) is 4.39 Å². The number of likely N-dealkylation sites (tertiary alicyclic amines) is 1. The Hall–Kier alpha value is -0.640. The van der Waals surface area contributed by atoms with Crippen LogP contribution in [-0.4, -0.2) is 29.2 Å². The van der Waals surface area contributed by atoms with Crippen LogP contribution in [0.3, 0.4) is 0 Å². The fourth-order valence-corrected chi connectivity index (χ4v) is 2.27. The summed E-state index contributed by atoms with van der Waals surface area (Å²) >= 11 is 5.83. The van der Waals surface area contributed by atoms with E-state index in [2.05, 4.69) is 4.90 Å². The maximum Gasteiger partial charge on any atom is 0.127 e. The average Bonchev–Trinajstić information content (AvgIpc) is 2.24. The Morgan fingerprint density at radius 1 is 1.50 bits per heavy atom. The molecule has 1 N–H and O–H groups in total. The Kier molecular flexibility index (Phi) is 3.79. The molecule has 1 aliphatic heterocycles. The molecule has 16 heavy (non-hydrogen) atoms. The lowest BCUT2D eigenvalue weighted by Crippen LogP contribution is -2.37. The molecule has 0 radical (unpaired) electrons. The summed E-state index contributed by atoms with van der Waals surface area (Å²) in [5.41, 5.74) is 0.599. The zero-order valence-electron chi connectivity index (χ0n) is 9.00. The van der Waals surface area contributed by atoms with Crippen molar-refractivity contribution in [1.82, 2.24) is 4.90 Å². The van der Waals surface area contributed by atoms with E-state index in [0.29, 0.717) is 23.7 Å². The van der Waals surface area contributed by atoms with Crippen LogP contribution in [0.4, 0.5) is 4.39 Å². The molecular weight excluding hydrogens is 229 g/mol.